The van der Waals surface area contributed by atoms with Crippen LogP contribution in [0.5, 0.6) is 0 Å². The Labute approximate surface area is 86.9 Å². The lowest BCUT2D eigenvalue weighted by molar-refractivity contribution is -0.0112. The van der Waals surface area contributed by atoms with Gasteiger partial charge >= 0.3 is 0 Å². The fourth-order valence-electron chi connectivity index (χ4n) is 1.40. The van der Waals surface area contributed by atoms with E-state index in [1.165, 1.54) is 6.07 Å². The highest BCUT2D eigenvalue weighted by Gasteiger charge is 2.34. The van der Waals surface area contributed by atoms with Crippen LogP contribution in [0.4, 0.5) is 8.78 Å². The highest BCUT2D eigenvalue weighted by atomic mass is 35.5. The van der Waals surface area contributed by atoms with Gasteiger partial charge in [0.15, 0.2) is 0 Å². The molecule has 0 bridgehead atoms. The fourth-order valence-corrected chi connectivity index (χ4v) is 1.76. The second-order valence-electron chi connectivity index (χ2n) is 3.17. The lowest BCUT2D eigenvalue weighted by Crippen LogP contribution is -2.20. The summed E-state index contributed by atoms with van der Waals surface area (Å²) >= 11 is 5.73. The lowest BCUT2D eigenvalue weighted by Gasteiger charge is -2.19. The van der Waals surface area contributed by atoms with Gasteiger partial charge in [0, 0.05) is 12.0 Å². The van der Waals surface area contributed by atoms with Crippen molar-refractivity contribution >= 4 is 11.6 Å². The van der Waals surface area contributed by atoms with E-state index in [1.807, 2.05) is 0 Å². The van der Waals surface area contributed by atoms with Crippen LogP contribution in [0.25, 0.3) is 0 Å². The minimum Gasteiger partial charge on any atom is -0.330 e. The number of hydrogen-bond acceptors (Lipinski definition) is 1. The molecule has 0 amide bonds. The first kappa shape index (κ1) is 11.4. The van der Waals surface area contributed by atoms with E-state index < -0.39 is 5.92 Å². The smallest absolute Gasteiger partial charge is 0.276 e. The van der Waals surface area contributed by atoms with Gasteiger partial charge in [-0.05, 0) is 25.1 Å². The quantitative estimate of drug-likeness (QED) is 0.831. The Hall–Kier alpha value is -0.670. The molecule has 0 saturated carbocycles. The molecule has 14 heavy (non-hydrogen) atoms. The number of rotatable bonds is 3. The molecule has 0 aromatic heterocycles. The zero-order chi connectivity index (χ0) is 10.8. The lowest BCUT2D eigenvalue weighted by atomic mass is 10.0. The Bertz CT molecular complexity index is 306. The Morgan fingerprint density at radius 3 is 2.57 bits per heavy atom. The molecular formula is C10H12ClF2N. The van der Waals surface area contributed by atoms with Gasteiger partial charge in [0.1, 0.15) is 0 Å². The molecule has 1 aromatic rings. The third-order valence-corrected chi connectivity index (χ3v) is 2.36. The average Bonchev–Trinajstić information content (AvgIpc) is 2.02. The molecular weight excluding hydrogens is 208 g/mol. The first-order chi connectivity index (χ1) is 6.49. The summed E-state index contributed by atoms with van der Waals surface area (Å²) in [5.74, 6) is -2.93. The van der Waals surface area contributed by atoms with Crippen LogP contribution in [-0.2, 0) is 5.92 Å². The molecule has 78 valence electrons. The largest absolute Gasteiger partial charge is 0.330 e. The van der Waals surface area contributed by atoms with Crippen LogP contribution in [0.15, 0.2) is 18.2 Å². The molecule has 0 radical (unpaired) electrons. The summed E-state index contributed by atoms with van der Waals surface area (Å²) in [6.45, 7) is 1.56. The molecule has 1 rings (SSSR count). The fraction of sp³-hybridized carbons (Fsp3) is 0.400. The Balaban J connectivity index is 3.17. The van der Waals surface area contributed by atoms with Gasteiger partial charge in [-0.2, -0.15) is 0 Å². The van der Waals surface area contributed by atoms with Crippen molar-refractivity contribution in [3.8, 4) is 0 Å². The second-order valence-corrected chi connectivity index (χ2v) is 3.58. The first-order valence-corrected chi connectivity index (χ1v) is 4.70. The maximum atomic E-state index is 13.5. The van der Waals surface area contributed by atoms with E-state index in [0.29, 0.717) is 5.56 Å². The first-order valence-electron chi connectivity index (χ1n) is 4.32. The number of aryl methyl sites for hydroxylation is 1. The molecule has 0 aliphatic heterocycles. The SMILES string of the molecule is Cc1cccc(Cl)c1C(F)(F)CCN. The molecule has 1 aromatic carbocycles. The van der Waals surface area contributed by atoms with Crippen LogP contribution in [0, 0.1) is 6.92 Å². The van der Waals surface area contributed by atoms with E-state index in [1.54, 1.807) is 19.1 Å². The predicted molar refractivity (Wildman–Crippen MR) is 53.8 cm³/mol. The maximum absolute atomic E-state index is 13.5. The Morgan fingerprint density at radius 2 is 2.07 bits per heavy atom. The number of nitrogens with two attached hydrogens (primary N) is 1. The summed E-state index contributed by atoms with van der Waals surface area (Å²) < 4.78 is 27.0. The van der Waals surface area contributed by atoms with Crippen molar-refractivity contribution in [3.05, 3.63) is 34.3 Å². The van der Waals surface area contributed by atoms with Crippen LogP contribution < -0.4 is 5.73 Å². The van der Waals surface area contributed by atoms with E-state index in [4.69, 9.17) is 17.3 Å². The van der Waals surface area contributed by atoms with Crippen LogP contribution in [0.2, 0.25) is 5.02 Å². The molecule has 0 atom stereocenters. The van der Waals surface area contributed by atoms with Gasteiger partial charge in [-0.1, -0.05) is 23.7 Å². The molecule has 2 N–H and O–H groups in total. The van der Waals surface area contributed by atoms with Gasteiger partial charge in [-0.25, -0.2) is 8.78 Å². The summed E-state index contributed by atoms with van der Waals surface area (Å²) in [4.78, 5) is 0. The van der Waals surface area contributed by atoms with Crippen LogP contribution in [0.3, 0.4) is 0 Å². The summed E-state index contributed by atoms with van der Waals surface area (Å²) in [6, 6.07) is 4.74. The minimum absolute atomic E-state index is 0.0579. The van der Waals surface area contributed by atoms with Crippen molar-refractivity contribution in [3.63, 3.8) is 0 Å². The van der Waals surface area contributed by atoms with Crippen molar-refractivity contribution in [1.82, 2.24) is 0 Å². The van der Waals surface area contributed by atoms with E-state index in [2.05, 4.69) is 0 Å². The summed E-state index contributed by atoms with van der Waals surface area (Å²) in [7, 11) is 0. The molecule has 0 aliphatic rings. The molecule has 1 nitrogen and oxygen atoms in total. The van der Waals surface area contributed by atoms with Gasteiger partial charge in [0.05, 0.1) is 5.02 Å². The van der Waals surface area contributed by atoms with Gasteiger partial charge < -0.3 is 5.73 Å². The van der Waals surface area contributed by atoms with E-state index in [0.717, 1.165) is 0 Å². The van der Waals surface area contributed by atoms with E-state index in [-0.39, 0.29) is 23.6 Å². The van der Waals surface area contributed by atoms with E-state index in [9.17, 15) is 8.78 Å². The number of hydrogen-bond donors (Lipinski definition) is 1. The van der Waals surface area contributed by atoms with Gasteiger partial charge in [0.25, 0.3) is 5.92 Å². The molecule has 0 aliphatic carbocycles. The summed E-state index contributed by atoms with van der Waals surface area (Å²) in [6.07, 6.45) is -0.377. The maximum Gasteiger partial charge on any atom is 0.276 e. The standard InChI is InChI=1S/C10H12ClF2N/c1-7-3-2-4-8(11)9(7)10(12,13)5-6-14/h2-4H,5-6,14H2,1H3. The topological polar surface area (TPSA) is 26.0 Å². The highest BCUT2D eigenvalue weighted by molar-refractivity contribution is 6.31. The van der Waals surface area contributed by atoms with Gasteiger partial charge in [-0.15, -0.1) is 0 Å². The average molecular weight is 220 g/mol. The van der Waals surface area contributed by atoms with Crippen LogP contribution in [-0.4, -0.2) is 6.54 Å². The summed E-state index contributed by atoms with van der Waals surface area (Å²) in [5, 5.41) is 0.100. The number of alkyl halides is 2. The van der Waals surface area contributed by atoms with Crippen molar-refractivity contribution in [2.45, 2.75) is 19.3 Å². The van der Waals surface area contributed by atoms with Crippen molar-refractivity contribution in [2.24, 2.45) is 5.73 Å². The zero-order valence-corrected chi connectivity index (χ0v) is 8.61. The monoisotopic (exact) mass is 219 g/mol. The van der Waals surface area contributed by atoms with Crippen molar-refractivity contribution < 1.29 is 8.78 Å². The second kappa shape index (κ2) is 4.24. The highest BCUT2D eigenvalue weighted by Crippen LogP contribution is 2.37. The van der Waals surface area contributed by atoms with Gasteiger partial charge in [0.2, 0.25) is 0 Å². The zero-order valence-electron chi connectivity index (χ0n) is 7.86. The number of benzene rings is 1. The van der Waals surface area contributed by atoms with Crippen molar-refractivity contribution in [1.29, 1.82) is 0 Å². The van der Waals surface area contributed by atoms with Crippen molar-refractivity contribution in [2.75, 3.05) is 6.54 Å². The molecule has 0 saturated heterocycles. The minimum atomic E-state index is -2.93. The Morgan fingerprint density at radius 1 is 1.43 bits per heavy atom. The molecule has 0 fully saturated rings. The predicted octanol–water partition coefficient (Wildman–Crippen LogP) is 3.09. The molecule has 0 spiro atoms. The van der Waals surface area contributed by atoms with Gasteiger partial charge in [-0.3, -0.25) is 0 Å². The molecule has 4 heteroatoms. The van der Waals surface area contributed by atoms with E-state index >= 15 is 0 Å². The third kappa shape index (κ3) is 2.22. The molecule has 0 unspecified atom stereocenters. The Kier molecular flexibility index (Phi) is 3.45. The number of halogens is 3. The van der Waals surface area contributed by atoms with Crippen LogP contribution in [0.1, 0.15) is 17.5 Å². The third-order valence-electron chi connectivity index (χ3n) is 2.05. The normalized spacial score (nSPS) is 11.8. The molecule has 0 heterocycles. The van der Waals surface area contributed by atoms with Crippen LogP contribution >= 0.6 is 11.6 Å². The summed E-state index contributed by atoms with van der Waals surface area (Å²) in [5.41, 5.74) is 5.52.